The first kappa shape index (κ1) is 26.2. The summed E-state index contributed by atoms with van der Waals surface area (Å²) in [6.07, 6.45) is 0. The molecule has 0 aliphatic carbocycles. The highest BCUT2D eigenvalue weighted by molar-refractivity contribution is 5.97. The number of nitrogens with zero attached hydrogens (tertiary/aromatic N) is 3. The second-order valence-corrected chi connectivity index (χ2v) is 11.7. The quantitative estimate of drug-likeness (QED) is 0.197. The highest BCUT2D eigenvalue weighted by Gasteiger charge is 2.31. The average Bonchev–Trinajstić information content (AvgIpc) is 3.59. The number of imidazole rings is 1. The fourth-order valence-electron chi connectivity index (χ4n) is 6.82. The lowest BCUT2D eigenvalue weighted by Gasteiger charge is -2.10. The third-order valence-electron chi connectivity index (χ3n) is 8.87. The molecule has 0 atom stereocenters. The van der Waals surface area contributed by atoms with Crippen LogP contribution in [0.15, 0.2) is 126 Å². The van der Waals surface area contributed by atoms with Gasteiger partial charge in [-0.2, -0.15) is 4.57 Å². The van der Waals surface area contributed by atoms with Gasteiger partial charge in [0.25, 0.3) is 5.82 Å². The van der Waals surface area contributed by atoms with E-state index in [0.717, 1.165) is 61.5 Å². The molecule has 0 amide bonds. The van der Waals surface area contributed by atoms with E-state index < -0.39 is 0 Å². The molecule has 8 aromatic rings. The van der Waals surface area contributed by atoms with Crippen molar-refractivity contribution in [2.75, 3.05) is 0 Å². The third kappa shape index (κ3) is 3.99. The van der Waals surface area contributed by atoms with Gasteiger partial charge in [-0.3, -0.25) is 0 Å². The van der Waals surface area contributed by atoms with Crippen molar-refractivity contribution < 1.29 is 8.98 Å². The van der Waals surface area contributed by atoms with Gasteiger partial charge in [0.2, 0.25) is 5.89 Å². The number of oxazole rings is 1. The van der Waals surface area contributed by atoms with Crippen molar-refractivity contribution in [2.24, 2.45) is 7.05 Å². The molecular weight excluding hydrogens is 538 g/mol. The molecule has 6 aromatic carbocycles. The summed E-state index contributed by atoms with van der Waals surface area (Å²) in [7, 11) is 2.15. The van der Waals surface area contributed by atoms with Crippen LogP contribution in [-0.2, 0) is 7.05 Å². The van der Waals surface area contributed by atoms with Crippen LogP contribution in [0.25, 0.3) is 72.6 Å². The summed E-state index contributed by atoms with van der Waals surface area (Å²) in [5.74, 6) is 1.72. The van der Waals surface area contributed by atoms with Crippen molar-refractivity contribution in [3.63, 3.8) is 0 Å². The van der Waals surface area contributed by atoms with E-state index in [9.17, 15) is 0 Å². The highest BCUT2D eigenvalue weighted by Crippen LogP contribution is 2.39. The summed E-state index contributed by atoms with van der Waals surface area (Å²) in [5.41, 5.74) is 13.0. The minimum atomic E-state index is 0.650. The van der Waals surface area contributed by atoms with Crippen molar-refractivity contribution in [3.8, 4) is 39.7 Å². The molecule has 0 bridgehead atoms. The lowest BCUT2D eigenvalue weighted by Crippen LogP contribution is -2.30. The van der Waals surface area contributed by atoms with E-state index in [1.54, 1.807) is 0 Å². The zero-order valence-electron chi connectivity index (χ0n) is 25.3. The zero-order valence-corrected chi connectivity index (χ0v) is 25.3. The monoisotopic (exact) mass is 570 g/mol. The molecule has 0 fully saturated rings. The Morgan fingerprint density at radius 3 is 2.16 bits per heavy atom. The Kier molecular flexibility index (Phi) is 5.98. The van der Waals surface area contributed by atoms with Gasteiger partial charge < -0.3 is 4.42 Å². The van der Waals surface area contributed by atoms with Crippen molar-refractivity contribution in [3.05, 3.63) is 138 Å². The Morgan fingerprint density at radius 2 is 1.34 bits per heavy atom. The number of aromatic nitrogens is 3. The molecule has 0 aliphatic rings. The zero-order chi connectivity index (χ0) is 29.9. The maximum atomic E-state index is 6.58. The number of aryl methyl sites for hydroxylation is 4. The Hall–Kier alpha value is -5.48. The van der Waals surface area contributed by atoms with E-state index in [2.05, 4.69) is 158 Å². The van der Waals surface area contributed by atoms with Gasteiger partial charge in [-0.15, -0.1) is 0 Å². The number of hydrogen-bond donors (Lipinski definition) is 0. The number of benzene rings is 6. The van der Waals surface area contributed by atoms with Crippen molar-refractivity contribution >= 4 is 32.9 Å². The normalized spacial score (nSPS) is 11.6. The molecule has 4 nitrogen and oxygen atoms in total. The first-order chi connectivity index (χ1) is 21.5. The van der Waals surface area contributed by atoms with Gasteiger partial charge in [-0.1, -0.05) is 97.1 Å². The average molecular weight is 571 g/mol. The first-order valence-corrected chi connectivity index (χ1v) is 15.0. The van der Waals surface area contributed by atoms with Gasteiger partial charge in [0.15, 0.2) is 16.6 Å². The molecule has 212 valence electrons. The molecule has 0 N–H and O–H groups in total. The number of rotatable bonds is 4. The molecular formula is C40H32N3O+. The van der Waals surface area contributed by atoms with Gasteiger partial charge in [-0.25, -0.2) is 9.55 Å². The van der Waals surface area contributed by atoms with Crippen LogP contribution in [0, 0.1) is 20.8 Å². The van der Waals surface area contributed by atoms with Crippen LogP contribution in [0.4, 0.5) is 0 Å². The maximum absolute atomic E-state index is 6.58. The van der Waals surface area contributed by atoms with E-state index in [1.807, 2.05) is 0 Å². The molecule has 0 unspecified atom stereocenters. The molecule has 0 saturated carbocycles. The Balaban J connectivity index is 1.39. The molecule has 44 heavy (non-hydrogen) atoms. The smallest absolute Gasteiger partial charge is 0.297 e. The van der Waals surface area contributed by atoms with Crippen molar-refractivity contribution in [2.45, 2.75) is 20.8 Å². The predicted molar refractivity (Wildman–Crippen MR) is 180 cm³/mol. The second-order valence-electron chi connectivity index (χ2n) is 11.7. The van der Waals surface area contributed by atoms with E-state index in [1.165, 1.54) is 21.9 Å². The summed E-state index contributed by atoms with van der Waals surface area (Å²) >= 11 is 0. The fraction of sp³-hybridized carbons (Fsp3) is 0.100. The van der Waals surface area contributed by atoms with E-state index >= 15 is 0 Å². The standard InChI is InChI=1S/C40H32N3O/c1-25-21-22-35-38(41-39(44-35)36-26(2)23-30(24-27(36)3)28-13-6-5-7-14-28)37(25)40-42(4)33-18-10-11-19-34(33)43(40)32-20-12-16-29-15-8-9-17-31(29)32/h5-24H,1-4H3/q+1. The third-order valence-corrected chi connectivity index (χ3v) is 8.87. The van der Waals surface area contributed by atoms with Crippen LogP contribution in [0.5, 0.6) is 0 Å². The summed E-state index contributed by atoms with van der Waals surface area (Å²) < 4.78 is 11.3. The van der Waals surface area contributed by atoms with E-state index in [4.69, 9.17) is 9.40 Å². The van der Waals surface area contributed by atoms with Gasteiger partial charge >= 0.3 is 0 Å². The molecule has 0 aliphatic heterocycles. The van der Waals surface area contributed by atoms with Crippen LogP contribution in [0.3, 0.4) is 0 Å². The van der Waals surface area contributed by atoms with Crippen LogP contribution < -0.4 is 4.57 Å². The lowest BCUT2D eigenvalue weighted by molar-refractivity contribution is -0.633. The molecule has 0 spiro atoms. The number of hydrogen-bond acceptors (Lipinski definition) is 2. The minimum absolute atomic E-state index is 0.650. The van der Waals surface area contributed by atoms with Crippen LogP contribution >= 0.6 is 0 Å². The van der Waals surface area contributed by atoms with Gasteiger partial charge in [0.1, 0.15) is 11.2 Å². The van der Waals surface area contributed by atoms with Gasteiger partial charge in [0, 0.05) is 10.9 Å². The van der Waals surface area contributed by atoms with Crippen LogP contribution in [-0.4, -0.2) is 9.55 Å². The molecule has 0 radical (unpaired) electrons. The SMILES string of the molecule is Cc1cc(-c2ccccc2)cc(C)c1-c1nc2c(-c3n(-c4cccc5ccccc45)c4ccccc4[n+]3C)c(C)ccc2o1. The van der Waals surface area contributed by atoms with Gasteiger partial charge in [0.05, 0.1) is 12.6 Å². The Morgan fingerprint density at radius 1 is 0.636 bits per heavy atom. The minimum Gasteiger partial charge on any atom is -0.436 e. The van der Waals surface area contributed by atoms with Crippen molar-refractivity contribution in [1.82, 2.24) is 9.55 Å². The summed E-state index contributed by atoms with van der Waals surface area (Å²) in [6.45, 7) is 6.46. The fourth-order valence-corrected chi connectivity index (χ4v) is 6.82. The highest BCUT2D eigenvalue weighted by atomic mass is 16.3. The predicted octanol–water partition coefficient (Wildman–Crippen LogP) is 9.68. The molecule has 0 saturated heterocycles. The number of fused-ring (bicyclic) bond motifs is 3. The molecule has 2 aromatic heterocycles. The first-order valence-electron chi connectivity index (χ1n) is 15.0. The lowest BCUT2D eigenvalue weighted by atomic mass is 9.95. The van der Waals surface area contributed by atoms with Crippen LogP contribution in [0.1, 0.15) is 16.7 Å². The summed E-state index contributed by atoms with van der Waals surface area (Å²) in [5, 5.41) is 2.41. The largest absolute Gasteiger partial charge is 0.436 e. The van der Waals surface area contributed by atoms with Crippen LogP contribution in [0.2, 0.25) is 0 Å². The topological polar surface area (TPSA) is 34.8 Å². The van der Waals surface area contributed by atoms with E-state index in [0.29, 0.717) is 5.89 Å². The molecule has 2 heterocycles. The maximum Gasteiger partial charge on any atom is 0.297 e. The Labute approximate surface area is 256 Å². The second kappa shape index (κ2) is 10.1. The van der Waals surface area contributed by atoms with Gasteiger partial charge in [-0.05, 0) is 78.2 Å². The Bertz CT molecular complexity index is 2350. The number of para-hydroxylation sites is 2. The molecule has 4 heteroatoms. The van der Waals surface area contributed by atoms with E-state index in [-0.39, 0.29) is 0 Å². The summed E-state index contributed by atoms with van der Waals surface area (Å²) in [6, 6.07) is 42.9. The summed E-state index contributed by atoms with van der Waals surface area (Å²) in [4.78, 5) is 5.26. The molecule has 8 rings (SSSR count). The van der Waals surface area contributed by atoms with Crippen molar-refractivity contribution in [1.29, 1.82) is 0 Å².